The Morgan fingerprint density at radius 1 is 1.28 bits per heavy atom. The van der Waals surface area contributed by atoms with E-state index >= 15 is 0 Å². The smallest absolute Gasteiger partial charge is 0.382 e. The summed E-state index contributed by atoms with van der Waals surface area (Å²) in [5.74, 6) is 3.64. The number of nitrogens with zero attached hydrogens (tertiary/aromatic N) is 1. The molecule has 0 amide bonds. The van der Waals surface area contributed by atoms with Gasteiger partial charge < -0.3 is 10.0 Å². The van der Waals surface area contributed by atoms with E-state index in [2.05, 4.69) is 23.8 Å². The van der Waals surface area contributed by atoms with Crippen molar-refractivity contribution < 1.29 is 9.90 Å². The van der Waals surface area contributed by atoms with Gasteiger partial charge in [0.25, 0.3) is 0 Å². The molecule has 0 aromatic heterocycles. The van der Waals surface area contributed by atoms with E-state index < -0.39 is 5.97 Å². The molecule has 1 aromatic rings. The van der Waals surface area contributed by atoms with Crippen molar-refractivity contribution in [3.8, 4) is 11.8 Å². The van der Waals surface area contributed by atoms with Gasteiger partial charge >= 0.3 is 5.97 Å². The van der Waals surface area contributed by atoms with Gasteiger partial charge in [0.05, 0.1) is 0 Å². The van der Waals surface area contributed by atoms with Crippen molar-refractivity contribution in [3.05, 3.63) is 29.8 Å². The molecule has 94 valence electrons. The molecule has 1 N–H and O–H groups in total. The minimum Gasteiger partial charge on any atom is -0.472 e. The average Bonchev–Trinajstić information content (AvgIpc) is 2.90. The van der Waals surface area contributed by atoms with Crippen LogP contribution in [0.1, 0.15) is 31.2 Å². The molecule has 1 aliphatic carbocycles. The second kappa shape index (κ2) is 5.59. The Labute approximate surface area is 107 Å². The zero-order chi connectivity index (χ0) is 13.0. The van der Waals surface area contributed by atoms with E-state index in [4.69, 9.17) is 5.11 Å². The number of carbonyl (C=O) groups is 1. The fraction of sp³-hybridized carbons (Fsp3) is 0.400. The van der Waals surface area contributed by atoms with Crippen molar-refractivity contribution in [2.45, 2.75) is 31.7 Å². The Bertz CT molecular complexity index is 475. The van der Waals surface area contributed by atoms with Crippen molar-refractivity contribution in [2.75, 3.05) is 11.9 Å². The van der Waals surface area contributed by atoms with Crippen molar-refractivity contribution in [2.24, 2.45) is 0 Å². The SMILES string of the molecule is CN(c1ccc(C#CC(=O)O)cc1)C1CCCC1. The standard InChI is InChI=1S/C15H17NO2/c1-16(13-4-2-3-5-13)14-9-6-12(7-10-14)8-11-15(17)18/h6-7,9-10,13H,2-5H2,1H3,(H,17,18). The normalized spacial score (nSPS) is 14.9. The molecule has 0 atom stereocenters. The van der Waals surface area contributed by atoms with Crippen LogP contribution < -0.4 is 4.90 Å². The summed E-state index contributed by atoms with van der Waals surface area (Å²) in [6.07, 6.45) is 5.16. The number of aliphatic carboxylic acids is 1. The lowest BCUT2D eigenvalue weighted by molar-refractivity contribution is -0.130. The molecule has 2 rings (SSSR count). The van der Waals surface area contributed by atoms with Gasteiger partial charge in [0.1, 0.15) is 0 Å². The van der Waals surface area contributed by atoms with E-state index in [1.807, 2.05) is 24.3 Å². The van der Waals surface area contributed by atoms with Crippen LogP contribution >= 0.6 is 0 Å². The van der Waals surface area contributed by atoms with Gasteiger partial charge in [-0.15, -0.1) is 0 Å². The molecule has 0 bridgehead atoms. The monoisotopic (exact) mass is 243 g/mol. The zero-order valence-electron chi connectivity index (χ0n) is 10.5. The average molecular weight is 243 g/mol. The molecule has 0 heterocycles. The molecule has 0 radical (unpaired) electrons. The quantitative estimate of drug-likeness (QED) is 0.811. The van der Waals surface area contributed by atoms with Gasteiger partial charge in [0.15, 0.2) is 0 Å². The number of hydrogen-bond acceptors (Lipinski definition) is 2. The lowest BCUT2D eigenvalue weighted by Gasteiger charge is -2.26. The summed E-state index contributed by atoms with van der Waals surface area (Å²) in [6.45, 7) is 0. The highest BCUT2D eigenvalue weighted by molar-refractivity contribution is 5.87. The summed E-state index contributed by atoms with van der Waals surface area (Å²) in [4.78, 5) is 12.6. The van der Waals surface area contributed by atoms with E-state index in [9.17, 15) is 4.79 Å². The first kappa shape index (κ1) is 12.5. The number of hydrogen-bond donors (Lipinski definition) is 1. The van der Waals surface area contributed by atoms with Crippen molar-refractivity contribution >= 4 is 11.7 Å². The fourth-order valence-corrected chi connectivity index (χ4v) is 2.41. The molecule has 1 fully saturated rings. The minimum atomic E-state index is -1.10. The zero-order valence-corrected chi connectivity index (χ0v) is 10.5. The maximum atomic E-state index is 10.3. The van der Waals surface area contributed by atoms with Crippen molar-refractivity contribution in [1.29, 1.82) is 0 Å². The molecule has 0 aliphatic heterocycles. The summed E-state index contributed by atoms with van der Waals surface area (Å²) in [5, 5.41) is 8.48. The lowest BCUT2D eigenvalue weighted by atomic mass is 10.1. The van der Waals surface area contributed by atoms with E-state index in [0.717, 1.165) is 5.56 Å². The highest BCUT2D eigenvalue weighted by Crippen LogP contribution is 2.26. The van der Waals surface area contributed by atoms with Crippen LogP contribution in [0.5, 0.6) is 0 Å². The number of carboxylic acid groups (broad SMARTS) is 1. The van der Waals surface area contributed by atoms with Gasteiger partial charge in [-0.3, -0.25) is 0 Å². The Hall–Kier alpha value is -1.95. The largest absolute Gasteiger partial charge is 0.472 e. The van der Waals surface area contributed by atoms with E-state index in [1.165, 1.54) is 31.4 Å². The van der Waals surface area contributed by atoms with Gasteiger partial charge in [-0.1, -0.05) is 18.8 Å². The Kier molecular flexibility index (Phi) is 3.88. The topological polar surface area (TPSA) is 40.5 Å². The van der Waals surface area contributed by atoms with Gasteiger partial charge in [0, 0.05) is 30.3 Å². The fourth-order valence-electron chi connectivity index (χ4n) is 2.41. The first-order chi connectivity index (χ1) is 8.66. The molecular formula is C15H17NO2. The third-order valence-corrected chi connectivity index (χ3v) is 3.46. The maximum Gasteiger partial charge on any atom is 0.382 e. The molecule has 0 saturated heterocycles. The van der Waals surface area contributed by atoms with Crippen LogP contribution in [0.15, 0.2) is 24.3 Å². The van der Waals surface area contributed by atoms with Gasteiger partial charge in [-0.25, -0.2) is 4.79 Å². The number of anilines is 1. The predicted molar refractivity (Wildman–Crippen MR) is 71.6 cm³/mol. The van der Waals surface area contributed by atoms with Crippen LogP contribution in [0.25, 0.3) is 0 Å². The van der Waals surface area contributed by atoms with Crippen LogP contribution in [0.2, 0.25) is 0 Å². The summed E-state index contributed by atoms with van der Waals surface area (Å²) in [6, 6.07) is 8.39. The molecule has 0 spiro atoms. The van der Waals surface area contributed by atoms with Crippen LogP contribution in [0.4, 0.5) is 5.69 Å². The Morgan fingerprint density at radius 3 is 2.44 bits per heavy atom. The molecule has 1 saturated carbocycles. The van der Waals surface area contributed by atoms with E-state index in [0.29, 0.717) is 6.04 Å². The molecule has 1 aliphatic rings. The molecular weight excluding hydrogens is 226 g/mol. The van der Waals surface area contributed by atoms with Gasteiger partial charge in [-0.05, 0) is 37.1 Å². The van der Waals surface area contributed by atoms with Gasteiger partial charge in [-0.2, -0.15) is 0 Å². The highest BCUT2D eigenvalue weighted by Gasteiger charge is 2.19. The first-order valence-electron chi connectivity index (χ1n) is 6.24. The molecule has 3 nitrogen and oxygen atoms in total. The molecule has 1 aromatic carbocycles. The molecule has 0 unspecified atom stereocenters. The highest BCUT2D eigenvalue weighted by atomic mass is 16.4. The molecule has 18 heavy (non-hydrogen) atoms. The van der Waals surface area contributed by atoms with Crippen molar-refractivity contribution in [3.63, 3.8) is 0 Å². The Balaban J connectivity index is 2.07. The van der Waals surface area contributed by atoms with Crippen LogP contribution in [-0.4, -0.2) is 24.2 Å². The van der Waals surface area contributed by atoms with Crippen LogP contribution in [0.3, 0.4) is 0 Å². The first-order valence-corrected chi connectivity index (χ1v) is 6.24. The summed E-state index contributed by atoms with van der Waals surface area (Å²) < 4.78 is 0. The second-order valence-electron chi connectivity index (χ2n) is 4.65. The second-order valence-corrected chi connectivity index (χ2v) is 4.65. The van der Waals surface area contributed by atoms with E-state index in [1.54, 1.807) is 0 Å². The Morgan fingerprint density at radius 2 is 1.89 bits per heavy atom. The lowest BCUT2D eigenvalue weighted by Crippen LogP contribution is -2.28. The minimum absolute atomic E-state index is 0.640. The van der Waals surface area contributed by atoms with Crippen molar-refractivity contribution in [1.82, 2.24) is 0 Å². The summed E-state index contributed by atoms with van der Waals surface area (Å²) in [5.41, 5.74) is 1.91. The third kappa shape index (κ3) is 3.04. The molecule has 3 heteroatoms. The number of rotatable bonds is 2. The maximum absolute atomic E-state index is 10.3. The predicted octanol–water partition coefficient (Wildman–Crippen LogP) is 2.50. The van der Waals surface area contributed by atoms with Crippen LogP contribution in [-0.2, 0) is 4.79 Å². The number of carboxylic acids is 1. The summed E-state index contributed by atoms with van der Waals surface area (Å²) >= 11 is 0. The third-order valence-electron chi connectivity index (χ3n) is 3.46. The number of benzene rings is 1. The summed E-state index contributed by atoms with van der Waals surface area (Å²) in [7, 11) is 2.12. The van der Waals surface area contributed by atoms with Crippen LogP contribution in [0, 0.1) is 11.8 Å². The van der Waals surface area contributed by atoms with E-state index in [-0.39, 0.29) is 0 Å². The van der Waals surface area contributed by atoms with Gasteiger partial charge in [0.2, 0.25) is 0 Å².